The van der Waals surface area contributed by atoms with Crippen molar-refractivity contribution in [2.75, 3.05) is 37.4 Å². The molecule has 0 saturated carbocycles. The van der Waals surface area contributed by atoms with Gasteiger partial charge < -0.3 is 20.3 Å². The Kier molecular flexibility index (Phi) is 7.97. The van der Waals surface area contributed by atoms with Crippen LogP contribution in [0.2, 0.25) is 0 Å². The van der Waals surface area contributed by atoms with Crippen molar-refractivity contribution in [2.45, 2.75) is 47.7 Å². The van der Waals surface area contributed by atoms with E-state index in [4.69, 9.17) is 10.5 Å². The number of alkyl halides is 5. The van der Waals surface area contributed by atoms with Gasteiger partial charge in [-0.1, -0.05) is 17.4 Å². The van der Waals surface area contributed by atoms with Crippen LogP contribution in [-0.2, 0) is 36.9 Å². The highest BCUT2D eigenvalue weighted by Gasteiger charge is 2.44. The minimum Gasteiger partial charge on any atom is -0.467 e. The van der Waals surface area contributed by atoms with E-state index in [1.807, 2.05) is 0 Å². The molecule has 4 heterocycles. The second kappa shape index (κ2) is 11.1. The second-order valence-corrected chi connectivity index (χ2v) is 13.1. The number of halogens is 5. The molecule has 43 heavy (non-hydrogen) atoms. The van der Waals surface area contributed by atoms with Crippen molar-refractivity contribution >= 4 is 55.0 Å². The molecule has 2 aliphatic rings. The van der Waals surface area contributed by atoms with Crippen molar-refractivity contribution in [2.24, 2.45) is 0 Å². The van der Waals surface area contributed by atoms with E-state index >= 15 is 0 Å². The molecule has 0 bridgehead atoms. The number of benzene rings is 1. The fraction of sp³-hybridized carbons (Fsp3) is 0.440. The predicted molar refractivity (Wildman–Crippen MR) is 145 cm³/mol. The monoisotopic (exact) mass is 648 g/mol. The Morgan fingerprint density at radius 2 is 2.02 bits per heavy atom. The zero-order valence-corrected chi connectivity index (χ0v) is 24.0. The van der Waals surface area contributed by atoms with Crippen LogP contribution >= 0.6 is 11.3 Å². The summed E-state index contributed by atoms with van der Waals surface area (Å²) in [5.74, 6) is -4.87. The van der Waals surface area contributed by atoms with Gasteiger partial charge in [0.15, 0.2) is 9.34 Å². The molecule has 2 fully saturated rings. The number of likely N-dealkylation sites (tertiary alicyclic amines) is 1. The number of esters is 1. The molecule has 3 aromatic rings. The topological polar surface area (TPSA) is 148 Å². The van der Waals surface area contributed by atoms with E-state index in [1.165, 1.54) is 23.2 Å². The van der Waals surface area contributed by atoms with E-state index in [2.05, 4.69) is 14.7 Å². The summed E-state index contributed by atoms with van der Waals surface area (Å²) in [6.07, 6.45) is -3.59. The molecule has 0 radical (unpaired) electrons. The van der Waals surface area contributed by atoms with E-state index in [9.17, 15) is 40.0 Å². The molecule has 11 nitrogen and oxygen atoms in total. The summed E-state index contributed by atoms with van der Waals surface area (Å²) in [7, 11) is -3.32. The lowest BCUT2D eigenvalue weighted by molar-refractivity contribution is -0.151. The standard InChI is InChI=1S/C25H25F5N6O5S2/c1-41-22(38)18(9-14-8-13-2-5-32-20(31)15(13)10-16(14)25(28,29)30)36-6-3-17(21(36)37)34-43(39,40)19-11-33-23(42-19)35-7-4-24(26,27)12-35/h2,5,8,10-11,17-18,34H,3-4,6-7,9,12H2,1H3,(H2,31,32)/t17-,18+/m0/s1. The minimum atomic E-state index is -4.84. The highest BCUT2D eigenvalue weighted by atomic mass is 32.2. The molecule has 232 valence electrons. The lowest BCUT2D eigenvalue weighted by atomic mass is 9.95. The quantitative estimate of drug-likeness (QED) is 0.278. The number of thiazole rings is 1. The fourth-order valence-corrected chi connectivity index (χ4v) is 7.56. The SMILES string of the molecule is COC(=O)[C@@H](Cc1cc2ccnc(N)c2cc1C(F)(F)F)N1CC[C@H](NS(=O)(=O)c2cnc(N3CCC(F)(F)C3)s2)C1=O. The van der Waals surface area contributed by atoms with Crippen molar-refractivity contribution in [3.63, 3.8) is 0 Å². The predicted octanol–water partition coefficient (Wildman–Crippen LogP) is 2.80. The highest BCUT2D eigenvalue weighted by Crippen LogP contribution is 2.38. The van der Waals surface area contributed by atoms with E-state index in [0.29, 0.717) is 16.7 Å². The van der Waals surface area contributed by atoms with Crippen LogP contribution in [0.15, 0.2) is 34.8 Å². The van der Waals surface area contributed by atoms with Crippen molar-refractivity contribution in [3.8, 4) is 0 Å². The van der Waals surface area contributed by atoms with Gasteiger partial charge in [-0.2, -0.15) is 17.9 Å². The number of fused-ring (bicyclic) bond motifs is 1. The molecule has 1 amide bonds. The number of sulfonamides is 1. The zero-order valence-electron chi connectivity index (χ0n) is 22.4. The maximum absolute atomic E-state index is 14.1. The van der Waals surface area contributed by atoms with E-state index < -0.39 is 71.0 Å². The number of pyridine rings is 1. The molecule has 5 rings (SSSR count). The Hall–Kier alpha value is -3.64. The number of nitrogens with one attached hydrogen (secondary N) is 1. The number of rotatable bonds is 8. The smallest absolute Gasteiger partial charge is 0.416 e. The molecule has 1 aromatic carbocycles. The number of nitrogens with two attached hydrogens (primary N) is 1. The maximum Gasteiger partial charge on any atom is 0.416 e. The fourth-order valence-electron chi connectivity index (χ4n) is 5.17. The van der Waals surface area contributed by atoms with Gasteiger partial charge in [-0.3, -0.25) is 4.79 Å². The lowest BCUT2D eigenvalue weighted by Crippen LogP contribution is -2.48. The number of aromatic nitrogens is 2. The van der Waals surface area contributed by atoms with Crippen LogP contribution in [0.25, 0.3) is 10.8 Å². The average molecular weight is 649 g/mol. The third-order valence-corrected chi connectivity index (χ3v) is 10.3. The Labute approximate surface area is 245 Å². The number of hydrogen-bond donors (Lipinski definition) is 2. The van der Waals surface area contributed by atoms with Gasteiger partial charge in [0.05, 0.1) is 25.4 Å². The van der Waals surface area contributed by atoms with Gasteiger partial charge >= 0.3 is 12.1 Å². The largest absolute Gasteiger partial charge is 0.467 e. The molecule has 0 spiro atoms. The van der Waals surface area contributed by atoms with Crippen LogP contribution in [0, 0.1) is 0 Å². The minimum absolute atomic E-state index is 0.00402. The van der Waals surface area contributed by atoms with Crippen molar-refractivity contribution in [1.29, 1.82) is 0 Å². The number of anilines is 2. The van der Waals surface area contributed by atoms with Crippen molar-refractivity contribution in [3.05, 3.63) is 41.7 Å². The summed E-state index contributed by atoms with van der Waals surface area (Å²) in [5.41, 5.74) is 4.38. The number of ether oxygens (including phenoxy) is 1. The Bertz CT molecular complexity index is 1680. The zero-order chi connectivity index (χ0) is 31.3. The number of nitrogens with zero attached hydrogens (tertiary/aromatic N) is 4. The van der Waals surface area contributed by atoms with E-state index in [0.717, 1.165) is 24.3 Å². The molecule has 18 heteroatoms. The molecule has 2 atom stereocenters. The normalized spacial score (nSPS) is 19.8. The first-order valence-electron chi connectivity index (χ1n) is 12.8. The van der Waals surface area contributed by atoms with Crippen LogP contribution in [0.3, 0.4) is 0 Å². The van der Waals surface area contributed by atoms with Crippen LogP contribution in [0.1, 0.15) is 24.0 Å². The van der Waals surface area contributed by atoms with Gasteiger partial charge in [-0.15, -0.1) is 0 Å². The summed E-state index contributed by atoms with van der Waals surface area (Å²) in [5, 5.41) is 0.472. The highest BCUT2D eigenvalue weighted by molar-refractivity contribution is 7.91. The van der Waals surface area contributed by atoms with Crippen LogP contribution < -0.4 is 15.4 Å². The van der Waals surface area contributed by atoms with E-state index in [1.54, 1.807) is 0 Å². The van der Waals surface area contributed by atoms with Crippen molar-refractivity contribution < 1.29 is 44.7 Å². The summed E-state index contributed by atoms with van der Waals surface area (Å²) in [6, 6.07) is 0.648. The second-order valence-electron chi connectivity index (χ2n) is 10.2. The van der Waals surface area contributed by atoms with Gasteiger partial charge in [0.25, 0.3) is 15.9 Å². The van der Waals surface area contributed by atoms with Crippen LogP contribution in [0.5, 0.6) is 0 Å². The first-order valence-corrected chi connectivity index (χ1v) is 15.1. The van der Waals surface area contributed by atoms with Gasteiger partial charge in [0, 0.05) is 37.5 Å². The average Bonchev–Trinajstić information content (AvgIpc) is 3.65. The number of amides is 1. The molecular weight excluding hydrogens is 623 g/mol. The number of methoxy groups -OCH3 is 1. The Morgan fingerprint density at radius 3 is 2.67 bits per heavy atom. The number of hydrogen-bond acceptors (Lipinski definition) is 10. The van der Waals surface area contributed by atoms with Gasteiger partial charge in [0.1, 0.15) is 17.9 Å². The van der Waals surface area contributed by atoms with Crippen molar-refractivity contribution in [1.82, 2.24) is 19.6 Å². The van der Waals surface area contributed by atoms with Gasteiger partial charge in [0.2, 0.25) is 5.91 Å². The maximum atomic E-state index is 14.1. The number of carbonyl (C=O) groups excluding carboxylic acids is 2. The van der Waals surface area contributed by atoms with Gasteiger partial charge in [-0.05, 0) is 29.5 Å². The molecule has 2 aliphatic heterocycles. The molecule has 2 saturated heterocycles. The molecular formula is C25H25F5N6O5S2. The number of carbonyl (C=O) groups is 2. The summed E-state index contributed by atoms with van der Waals surface area (Å²) in [4.78, 5) is 36.1. The summed E-state index contributed by atoms with van der Waals surface area (Å²) >= 11 is 0.658. The number of nitrogen functional groups attached to an aromatic ring is 1. The Morgan fingerprint density at radius 1 is 1.28 bits per heavy atom. The molecule has 0 unspecified atom stereocenters. The molecule has 3 N–H and O–H groups in total. The first-order chi connectivity index (χ1) is 20.1. The van der Waals surface area contributed by atoms with Crippen LogP contribution in [-0.4, -0.2) is 79.9 Å². The Balaban J connectivity index is 1.37. The first kappa shape index (κ1) is 30.8. The molecule has 2 aromatic heterocycles. The summed E-state index contributed by atoms with van der Waals surface area (Å²) in [6.45, 7) is -0.764. The summed E-state index contributed by atoms with van der Waals surface area (Å²) < 4.78 is 102. The van der Waals surface area contributed by atoms with Gasteiger partial charge in [-0.25, -0.2) is 32.0 Å². The third-order valence-electron chi connectivity index (χ3n) is 7.30. The lowest BCUT2D eigenvalue weighted by Gasteiger charge is -2.27. The van der Waals surface area contributed by atoms with E-state index in [-0.39, 0.29) is 45.6 Å². The van der Waals surface area contributed by atoms with Crippen LogP contribution in [0.4, 0.5) is 32.9 Å². The molecule has 0 aliphatic carbocycles. The third kappa shape index (κ3) is 6.21.